The maximum Gasteiger partial charge on any atom is 0.162 e. The molecule has 0 saturated heterocycles. The van der Waals surface area contributed by atoms with E-state index in [9.17, 15) is 0 Å². The molecule has 6 heteroatoms. The Kier molecular flexibility index (Phi) is 4.84. The van der Waals surface area contributed by atoms with Crippen LogP contribution in [0, 0.1) is 0 Å². The molecule has 132 valence electrons. The second-order valence-electron chi connectivity index (χ2n) is 6.01. The highest BCUT2D eigenvalue weighted by atomic mass is 15.3. The third-order valence-corrected chi connectivity index (χ3v) is 4.14. The van der Waals surface area contributed by atoms with Crippen LogP contribution < -0.4 is 16.0 Å². The molecule has 1 aliphatic heterocycles. The molecule has 26 heavy (non-hydrogen) atoms. The Hall–Kier alpha value is -3.41. The van der Waals surface area contributed by atoms with Gasteiger partial charge in [0.2, 0.25) is 0 Å². The Morgan fingerprint density at radius 2 is 2.08 bits per heavy atom. The van der Waals surface area contributed by atoms with E-state index in [1.807, 2.05) is 37.3 Å². The Labute approximate surface area is 153 Å². The molecule has 1 aliphatic rings. The minimum absolute atomic E-state index is 0.531. The molecule has 0 saturated carbocycles. The molecular formula is C20H22N6. The molecule has 0 fully saturated rings. The first-order chi connectivity index (χ1) is 12.5. The van der Waals surface area contributed by atoms with Crippen LogP contribution in [0.1, 0.15) is 19.5 Å². The van der Waals surface area contributed by atoms with Crippen LogP contribution in [-0.4, -0.2) is 22.2 Å². The fourth-order valence-corrected chi connectivity index (χ4v) is 2.87. The van der Waals surface area contributed by atoms with Crippen LogP contribution in [-0.2, 0) is 0 Å². The van der Waals surface area contributed by atoms with Crippen molar-refractivity contribution in [1.29, 1.82) is 0 Å². The summed E-state index contributed by atoms with van der Waals surface area (Å²) in [6.07, 6.45) is 3.33. The molecule has 2 aromatic heterocycles. The van der Waals surface area contributed by atoms with E-state index in [1.165, 1.54) is 5.57 Å². The number of nitrogens with one attached hydrogen (secondary N) is 1. The summed E-state index contributed by atoms with van der Waals surface area (Å²) < 4.78 is 0. The van der Waals surface area contributed by atoms with Crippen molar-refractivity contribution in [2.45, 2.75) is 13.8 Å². The Bertz CT molecular complexity index is 911. The molecule has 2 aromatic rings. The van der Waals surface area contributed by atoms with E-state index in [-0.39, 0.29) is 0 Å². The number of aromatic nitrogens is 2. The normalized spacial score (nSPS) is 13.4. The lowest BCUT2D eigenvalue weighted by molar-refractivity contribution is 1.09. The summed E-state index contributed by atoms with van der Waals surface area (Å²) in [5, 5.41) is 3.14. The van der Waals surface area contributed by atoms with Crippen LogP contribution >= 0.6 is 0 Å². The van der Waals surface area contributed by atoms with Crippen molar-refractivity contribution in [1.82, 2.24) is 9.97 Å². The number of allylic oxidation sites excluding steroid dienone is 1. The number of nitrogens with two attached hydrogens (primary N) is 1. The minimum Gasteiger partial charge on any atom is -0.396 e. The molecule has 0 spiro atoms. The van der Waals surface area contributed by atoms with Crippen LogP contribution in [0.5, 0.6) is 0 Å². The van der Waals surface area contributed by atoms with Crippen molar-refractivity contribution >= 4 is 28.6 Å². The van der Waals surface area contributed by atoms with E-state index in [4.69, 9.17) is 10.7 Å². The van der Waals surface area contributed by atoms with Crippen molar-refractivity contribution in [2.24, 2.45) is 4.99 Å². The molecule has 0 atom stereocenters. The molecule has 0 radical (unpaired) electrons. The average Bonchev–Trinajstić information content (AvgIpc) is 2.97. The highest BCUT2D eigenvalue weighted by molar-refractivity contribution is 6.24. The summed E-state index contributed by atoms with van der Waals surface area (Å²) in [7, 11) is 0. The van der Waals surface area contributed by atoms with E-state index < -0.39 is 0 Å². The van der Waals surface area contributed by atoms with Crippen molar-refractivity contribution in [3.8, 4) is 0 Å². The lowest BCUT2D eigenvalue weighted by Gasteiger charge is -2.24. The average molecular weight is 346 g/mol. The van der Waals surface area contributed by atoms with Gasteiger partial charge in [0.05, 0.1) is 17.9 Å². The van der Waals surface area contributed by atoms with E-state index in [0.29, 0.717) is 29.7 Å². The molecule has 0 bridgehead atoms. The minimum atomic E-state index is 0.531. The molecule has 6 nitrogen and oxygen atoms in total. The zero-order valence-corrected chi connectivity index (χ0v) is 15.0. The van der Waals surface area contributed by atoms with Crippen LogP contribution in [0.3, 0.4) is 0 Å². The SMILES string of the molecule is C=CN(C(=C)Nc1ccccn1)c1nc(C2=C(C)CN=C2C)ccc1N. The second kappa shape index (κ2) is 7.23. The zero-order chi connectivity index (χ0) is 18.7. The highest BCUT2D eigenvalue weighted by Crippen LogP contribution is 2.30. The zero-order valence-electron chi connectivity index (χ0n) is 15.0. The largest absolute Gasteiger partial charge is 0.396 e. The van der Waals surface area contributed by atoms with Crippen LogP contribution in [0.25, 0.3) is 5.57 Å². The summed E-state index contributed by atoms with van der Waals surface area (Å²) in [6, 6.07) is 9.35. The van der Waals surface area contributed by atoms with Gasteiger partial charge in [0.25, 0.3) is 0 Å². The maximum absolute atomic E-state index is 6.18. The number of nitrogen functional groups attached to an aromatic ring is 1. The van der Waals surface area contributed by atoms with E-state index in [0.717, 1.165) is 17.0 Å². The van der Waals surface area contributed by atoms with Crippen molar-refractivity contribution in [2.75, 3.05) is 22.5 Å². The fraction of sp³-hybridized carbons (Fsp3) is 0.150. The maximum atomic E-state index is 6.18. The van der Waals surface area contributed by atoms with Gasteiger partial charge in [-0.15, -0.1) is 0 Å². The van der Waals surface area contributed by atoms with Crippen LogP contribution in [0.4, 0.5) is 17.3 Å². The molecule has 0 aliphatic carbocycles. The molecule has 0 aromatic carbocycles. The first kappa shape index (κ1) is 17.4. The first-order valence-electron chi connectivity index (χ1n) is 8.28. The summed E-state index contributed by atoms with van der Waals surface area (Å²) >= 11 is 0. The highest BCUT2D eigenvalue weighted by Gasteiger charge is 2.19. The van der Waals surface area contributed by atoms with Gasteiger partial charge < -0.3 is 11.1 Å². The van der Waals surface area contributed by atoms with E-state index >= 15 is 0 Å². The topological polar surface area (TPSA) is 79.4 Å². The van der Waals surface area contributed by atoms with Gasteiger partial charge in [0, 0.05) is 23.7 Å². The number of hydrogen-bond donors (Lipinski definition) is 2. The van der Waals surface area contributed by atoms with Gasteiger partial charge in [0.15, 0.2) is 5.82 Å². The number of hydrogen-bond acceptors (Lipinski definition) is 6. The van der Waals surface area contributed by atoms with Gasteiger partial charge in [-0.1, -0.05) is 19.2 Å². The molecule has 0 amide bonds. The van der Waals surface area contributed by atoms with Crippen LogP contribution in [0.15, 0.2) is 72.3 Å². The van der Waals surface area contributed by atoms with Gasteiger partial charge in [-0.2, -0.15) is 0 Å². The Balaban J connectivity index is 1.95. The molecule has 3 rings (SSSR count). The Morgan fingerprint density at radius 3 is 2.69 bits per heavy atom. The molecule has 3 N–H and O–H groups in total. The first-order valence-corrected chi connectivity index (χ1v) is 8.28. The number of rotatable bonds is 6. The second-order valence-corrected chi connectivity index (χ2v) is 6.01. The summed E-state index contributed by atoms with van der Waals surface area (Å²) in [5.74, 6) is 1.79. The number of nitrogens with zero attached hydrogens (tertiary/aromatic N) is 4. The van der Waals surface area contributed by atoms with Gasteiger partial charge in [-0.05, 0) is 43.7 Å². The monoisotopic (exact) mass is 346 g/mol. The van der Waals surface area contributed by atoms with E-state index in [1.54, 1.807) is 17.3 Å². The number of pyridine rings is 2. The fourth-order valence-electron chi connectivity index (χ4n) is 2.87. The summed E-state index contributed by atoms with van der Waals surface area (Å²) in [6.45, 7) is 12.7. The predicted octanol–water partition coefficient (Wildman–Crippen LogP) is 3.84. The third kappa shape index (κ3) is 3.35. The van der Waals surface area contributed by atoms with Crippen LogP contribution in [0.2, 0.25) is 0 Å². The Morgan fingerprint density at radius 1 is 1.27 bits per heavy atom. The lowest BCUT2D eigenvalue weighted by atomic mass is 10.0. The third-order valence-electron chi connectivity index (χ3n) is 4.14. The lowest BCUT2D eigenvalue weighted by Crippen LogP contribution is -2.23. The summed E-state index contributed by atoms with van der Waals surface area (Å²) in [5.41, 5.74) is 10.8. The van der Waals surface area contributed by atoms with Crippen molar-refractivity contribution in [3.05, 3.63) is 73.0 Å². The molecule has 3 heterocycles. The van der Waals surface area contributed by atoms with Gasteiger partial charge in [-0.3, -0.25) is 9.89 Å². The number of anilines is 3. The quantitative estimate of drug-likeness (QED) is 0.831. The van der Waals surface area contributed by atoms with Gasteiger partial charge >= 0.3 is 0 Å². The predicted molar refractivity (Wildman–Crippen MR) is 109 cm³/mol. The smallest absolute Gasteiger partial charge is 0.162 e. The standard InChI is InChI=1S/C20H22N6/c1-5-26(15(4)24-18-8-6-7-11-22-18)20-16(21)9-10-17(25-20)19-13(2)12-23-14(19)3/h5-11H,1,4,12,21H2,2-3H3,(H,22,24). The molecule has 0 unspecified atom stereocenters. The summed E-state index contributed by atoms with van der Waals surface area (Å²) in [4.78, 5) is 15.2. The van der Waals surface area contributed by atoms with Crippen molar-refractivity contribution < 1.29 is 0 Å². The van der Waals surface area contributed by atoms with Crippen molar-refractivity contribution in [3.63, 3.8) is 0 Å². The van der Waals surface area contributed by atoms with Gasteiger partial charge in [0.1, 0.15) is 11.6 Å². The van der Waals surface area contributed by atoms with E-state index in [2.05, 4.69) is 35.4 Å². The van der Waals surface area contributed by atoms with Gasteiger partial charge in [-0.25, -0.2) is 9.97 Å². The number of aliphatic imine (C=N–C) groups is 1. The molecular weight excluding hydrogens is 324 g/mol.